The largest absolute Gasteiger partial charge is 0.480 e. The van der Waals surface area contributed by atoms with E-state index in [1.807, 2.05) is 13.8 Å². The Labute approximate surface area is 211 Å². The van der Waals surface area contributed by atoms with Crippen LogP contribution in [0.3, 0.4) is 0 Å². The monoisotopic (exact) mass is 521 g/mol. The highest BCUT2D eigenvalue weighted by molar-refractivity contribution is 7.80. The molecule has 0 aromatic carbocycles. The summed E-state index contributed by atoms with van der Waals surface area (Å²) in [5.41, 5.74) is 11.1. The van der Waals surface area contributed by atoms with E-state index in [9.17, 15) is 24.3 Å². The molecule has 0 unspecified atom stereocenters. The number of hydrogen-bond donors (Lipinski definition) is 10. The number of carboxylic acid groups (broad SMARTS) is 1. The zero-order valence-electron chi connectivity index (χ0n) is 19.7. The lowest BCUT2D eigenvalue weighted by Gasteiger charge is -2.26. The van der Waals surface area contributed by atoms with Gasteiger partial charge in [0.1, 0.15) is 18.1 Å². The number of nitrogens with one attached hydrogen (secondary N) is 5. The predicted octanol–water partition coefficient (Wildman–Crippen LogP) is -1.20. The number of carbonyl (C=O) groups excluding carboxylic acids is 3. The topological polar surface area (TPSA) is 213 Å². The highest BCUT2D eigenvalue weighted by Gasteiger charge is 2.30. The van der Waals surface area contributed by atoms with Crippen LogP contribution in [-0.4, -0.2) is 77.0 Å². The molecule has 0 aliphatic heterocycles. The third kappa shape index (κ3) is 13.5. The quantitative estimate of drug-likeness (QED) is 0.0485. The van der Waals surface area contributed by atoms with Crippen molar-refractivity contribution in [1.82, 2.24) is 21.3 Å². The van der Waals surface area contributed by atoms with Crippen molar-refractivity contribution in [3.63, 3.8) is 0 Å². The van der Waals surface area contributed by atoms with E-state index in [0.717, 1.165) is 0 Å². The van der Waals surface area contributed by atoms with Crippen molar-refractivity contribution < 1.29 is 24.3 Å². The Bertz CT molecular complexity index is 696. The average Bonchev–Trinajstić information content (AvgIpc) is 2.74. The van der Waals surface area contributed by atoms with Crippen LogP contribution in [0.4, 0.5) is 0 Å². The van der Waals surface area contributed by atoms with E-state index in [1.165, 1.54) is 0 Å². The second-order valence-electron chi connectivity index (χ2n) is 8.27. The summed E-state index contributed by atoms with van der Waals surface area (Å²) in [6, 6.07) is -3.99. The molecule has 10 N–H and O–H groups in total. The standard InChI is InChI=1S/C20H39N7O5S2/c1-11(2)10-15(18(30)26-14(6-9-34)19(31)32)27-17(29)13(4-3-7-24-20(22)23)25-16(28)12(21)5-8-33/h11-15,33-34H,3-10,21H2,1-2H3,(H,25,28)(H,26,30)(H,27,29)(H,31,32)(H4,22,23,24)/t12-,13-,14-,15-/m0/s1. The minimum atomic E-state index is -1.20. The van der Waals surface area contributed by atoms with Gasteiger partial charge in [0.25, 0.3) is 0 Å². The van der Waals surface area contributed by atoms with Crippen molar-refractivity contribution in [1.29, 1.82) is 5.41 Å². The van der Waals surface area contributed by atoms with Crippen molar-refractivity contribution in [2.45, 2.75) is 70.1 Å². The zero-order chi connectivity index (χ0) is 26.3. The van der Waals surface area contributed by atoms with Gasteiger partial charge in [-0.3, -0.25) is 19.8 Å². The number of nitrogens with two attached hydrogens (primary N) is 2. The number of hydrogen-bond acceptors (Lipinski definition) is 8. The van der Waals surface area contributed by atoms with Gasteiger partial charge in [-0.2, -0.15) is 25.3 Å². The summed E-state index contributed by atoms with van der Waals surface area (Å²) in [4.78, 5) is 49.7. The summed E-state index contributed by atoms with van der Waals surface area (Å²) in [7, 11) is 0. The normalized spacial score (nSPS) is 14.4. The molecule has 0 aromatic rings. The second kappa shape index (κ2) is 17.3. The fourth-order valence-electron chi connectivity index (χ4n) is 2.98. The van der Waals surface area contributed by atoms with Crippen LogP contribution in [-0.2, 0) is 19.2 Å². The summed E-state index contributed by atoms with van der Waals surface area (Å²) in [6.07, 6.45) is 1.28. The van der Waals surface area contributed by atoms with Crippen LogP contribution in [0, 0.1) is 11.3 Å². The summed E-state index contributed by atoms with van der Waals surface area (Å²) in [6.45, 7) is 4.02. The SMILES string of the molecule is CC(C)C[C@H](NC(=O)[C@H](CCCNC(=N)N)NC(=O)[C@@H](N)CCS)C(=O)N[C@@H](CCS)C(=O)O. The molecule has 0 fully saturated rings. The van der Waals surface area contributed by atoms with Gasteiger partial charge in [0.15, 0.2) is 5.96 Å². The Morgan fingerprint density at radius 3 is 1.91 bits per heavy atom. The van der Waals surface area contributed by atoms with Gasteiger partial charge in [0.05, 0.1) is 6.04 Å². The molecular weight excluding hydrogens is 482 g/mol. The van der Waals surface area contributed by atoms with Crippen molar-refractivity contribution in [3.05, 3.63) is 0 Å². The summed E-state index contributed by atoms with van der Waals surface area (Å²) in [5.74, 6) is -2.52. The molecule has 3 amide bonds. The number of aliphatic carboxylic acids is 1. The smallest absolute Gasteiger partial charge is 0.326 e. The number of thiol groups is 2. The Morgan fingerprint density at radius 2 is 1.41 bits per heavy atom. The lowest BCUT2D eigenvalue weighted by atomic mass is 10.0. The van der Waals surface area contributed by atoms with E-state index < -0.39 is 47.9 Å². The number of rotatable bonds is 17. The maximum Gasteiger partial charge on any atom is 0.326 e. The molecule has 0 aromatic heterocycles. The average molecular weight is 522 g/mol. The summed E-state index contributed by atoms with van der Waals surface area (Å²) in [5, 5.41) is 26.8. The molecule has 12 nitrogen and oxygen atoms in total. The van der Waals surface area contributed by atoms with E-state index >= 15 is 0 Å². The van der Waals surface area contributed by atoms with Crippen molar-refractivity contribution in [2.75, 3.05) is 18.1 Å². The third-order valence-corrected chi connectivity index (χ3v) is 5.28. The van der Waals surface area contributed by atoms with Gasteiger partial charge in [0, 0.05) is 6.54 Å². The maximum atomic E-state index is 13.1. The number of amides is 3. The van der Waals surface area contributed by atoms with Crippen molar-refractivity contribution in [3.8, 4) is 0 Å². The predicted molar refractivity (Wildman–Crippen MR) is 137 cm³/mol. The Kier molecular flexibility index (Phi) is 16.2. The molecule has 0 bridgehead atoms. The molecule has 0 saturated carbocycles. The first-order valence-electron chi connectivity index (χ1n) is 11.1. The number of guanidine groups is 1. The van der Waals surface area contributed by atoms with Gasteiger partial charge < -0.3 is 37.8 Å². The van der Waals surface area contributed by atoms with E-state index in [4.69, 9.17) is 16.9 Å². The van der Waals surface area contributed by atoms with Crippen LogP contribution in [0.2, 0.25) is 0 Å². The fraction of sp³-hybridized carbons (Fsp3) is 0.750. The first-order valence-corrected chi connectivity index (χ1v) is 12.4. The fourth-order valence-corrected chi connectivity index (χ4v) is 3.52. The van der Waals surface area contributed by atoms with Crippen LogP contribution in [0.1, 0.15) is 46.0 Å². The van der Waals surface area contributed by atoms with Gasteiger partial charge in [0.2, 0.25) is 17.7 Å². The van der Waals surface area contributed by atoms with Gasteiger partial charge in [-0.15, -0.1) is 0 Å². The number of carboxylic acids is 1. The highest BCUT2D eigenvalue weighted by atomic mass is 32.1. The first kappa shape index (κ1) is 31.8. The Hall–Kier alpha value is -2.19. The maximum absolute atomic E-state index is 13.1. The van der Waals surface area contributed by atoms with Gasteiger partial charge in [-0.25, -0.2) is 4.79 Å². The molecule has 0 spiro atoms. The molecule has 0 radical (unpaired) electrons. The molecule has 0 rings (SSSR count). The summed E-state index contributed by atoms with van der Waals surface area (Å²) < 4.78 is 0. The molecular formula is C20H39N7O5S2. The van der Waals surface area contributed by atoms with Gasteiger partial charge in [-0.1, -0.05) is 13.8 Å². The Balaban J connectivity index is 5.47. The Morgan fingerprint density at radius 1 is 0.882 bits per heavy atom. The summed E-state index contributed by atoms with van der Waals surface area (Å²) >= 11 is 8.08. The van der Waals surface area contributed by atoms with E-state index in [0.29, 0.717) is 25.1 Å². The number of carbonyl (C=O) groups is 4. The highest BCUT2D eigenvalue weighted by Crippen LogP contribution is 2.08. The molecule has 196 valence electrons. The van der Waals surface area contributed by atoms with Crippen LogP contribution in [0.5, 0.6) is 0 Å². The molecule has 0 aliphatic carbocycles. The van der Waals surface area contributed by atoms with Crippen molar-refractivity contribution in [2.24, 2.45) is 17.4 Å². The van der Waals surface area contributed by atoms with Crippen LogP contribution < -0.4 is 32.7 Å². The minimum absolute atomic E-state index is 0.0147. The lowest BCUT2D eigenvalue weighted by Crippen LogP contribution is -2.57. The van der Waals surface area contributed by atoms with E-state index in [-0.39, 0.29) is 36.9 Å². The third-order valence-electron chi connectivity index (χ3n) is 4.77. The van der Waals surface area contributed by atoms with Gasteiger partial charge >= 0.3 is 5.97 Å². The zero-order valence-corrected chi connectivity index (χ0v) is 21.5. The first-order chi connectivity index (χ1) is 15.9. The lowest BCUT2D eigenvalue weighted by molar-refractivity contribution is -0.142. The van der Waals surface area contributed by atoms with E-state index in [2.05, 4.69) is 46.5 Å². The molecule has 0 saturated heterocycles. The van der Waals surface area contributed by atoms with Gasteiger partial charge in [-0.05, 0) is 49.5 Å². The molecule has 14 heteroatoms. The van der Waals surface area contributed by atoms with E-state index in [1.54, 1.807) is 0 Å². The molecule has 4 atom stereocenters. The molecule has 0 aliphatic rings. The van der Waals surface area contributed by atoms with Crippen LogP contribution >= 0.6 is 25.3 Å². The second-order valence-corrected chi connectivity index (χ2v) is 9.16. The van der Waals surface area contributed by atoms with Crippen LogP contribution in [0.25, 0.3) is 0 Å². The minimum Gasteiger partial charge on any atom is -0.480 e. The van der Waals surface area contributed by atoms with Crippen LogP contribution in [0.15, 0.2) is 0 Å². The molecule has 0 heterocycles. The van der Waals surface area contributed by atoms with Crippen molar-refractivity contribution >= 4 is 54.9 Å². The molecule has 34 heavy (non-hydrogen) atoms.